The lowest BCUT2D eigenvalue weighted by atomic mass is 9.83. The summed E-state index contributed by atoms with van der Waals surface area (Å²) in [5, 5.41) is 13.1. The van der Waals surface area contributed by atoms with Crippen LogP contribution in [0.15, 0.2) is 36.5 Å². The monoisotopic (exact) mass is 593 g/mol. The number of piperazine rings is 1. The maximum absolute atomic E-state index is 13.6. The van der Waals surface area contributed by atoms with E-state index in [9.17, 15) is 19.2 Å². The van der Waals surface area contributed by atoms with Crippen LogP contribution in [0.1, 0.15) is 81.3 Å². The summed E-state index contributed by atoms with van der Waals surface area (Å²) in [6, 6.07) is 7.72. The second-order valence-corrected chi connectivity index (χ2v) is 11.8. The summed E-state index contributed by atoms with van der Waals surface area (Å²) in [5.74, 6) is -1.01. The summed E-state index contributed by atoms with van der Waals surface area (Å²) in [6.45, 7) is 9.05. The minimum Gasteiger partial charge on any atom is -0.344 e. The van der Waals surface area contributed by atoms with Gasteiger partial charge < -0.3 is 25.8 Å². The minimum absolute atomic E-state index is 0.0542. The first-order valence-corrected chi connectivity index (χ1v) is 15.7. The van der Waals surface area contributed by atoms with Crippen molar-refractivity contribution < 1.29 is 19.2 Å². The normalized spacial score (nSPS) is 18.4. The van der Waals surface area contributed by atoms with Crippen molar-refractivity contribution in [3.05, 3.63) is 47.8 Å². The van der Waals surface area contributed by atoms with Crippen molar-refractivity contribution in [2.45, 2.75) is 83.8 Å². The Morgan fingerprint density at radius 2 is 1.60 bits per heavy atom. The topological polar surface area (TPSA) is 129 Å². The number of likely N-dealkylation sites (N-methyl/N-ethyl adjacent to an activating group) is 1. The fourth-order valence-corrected chi connectivity index (χ4v) is 6.04. The number of amides is 4. The van der Waals surface area contributed by atoms with Crippen LogP contribution in [0.5, 0.6) is 0 Å². The van der Waals surface area contributed by atoms with Gasteiger partial charge in [0.25, 0.3) is 5.91 Å². The van der Waals surface area contributed by atoms with Gasteiger partial charge in [0.05, 0.1) is 0 Å². The van der Waals surface area contributed by atoms with Crippen LogP contribution in [0.3, 0.4) is 0 Å². The molecule has 234 valence electrons. The maximum atomic E-state index is 13.6. The fourth-order valence-electron chi connectivity index (χ4n) is 6.04. The molecule has 43 heavy (non-hydrogen) atoms. The van der Waals surface area contributed by atoms with Crippen LogP contribution in [-0.2, 0) is 20.9 Å². The number of aromatic nitrogens is 2. The van der Waals surface area contributed by atoms with E-state index in [1.165, 1.54) is 0 Å². The molecular weight excluding hydrogens is 546 g/mol. The number of carbonyl (C=O) groups is 4. The highest BCUT2D eigenvalue weighted by Gasteiger charge is 2.34. The number of rotatable bonds is 11. The zero-order valence-electron chi connectivity index (χ0n) is 26.0. The van der Waals surface area contributed by atoms with Crippen molar-refractivity contribution in [2.24, 2.45) is 5.92 Å². The standard InChI is InChI=1S/C32H47N7O4/c1-5-27(40)35-28(32(43)38-20-18-37(4)19-21-38)22(3)23-12-14-25(15-13-23)34-31(42)29(24-10-8-7-9-11-24)36-30(41)26-16-17-33-39(26)6-2/h12-17,22,24,28-29H,5-11,18-21H2,1-4H3,(H,34,42)(H,35,40)(H,36,41)/t22-,28-,29+/m1/s1. The molecule has 1 aliphatic carbocycles. The van der Waals surface area contributed by atoms with Gasteiger partial charge in [-0.2, -0.15) is 5.10 Å². The summed E-state index contributed by atoms with van der Waals surface area (Å²) in [7, 11) is 2.04. The van der Waals surface area contributed by atoms with E-state index in [0.29, 0.717) is 37.4 Å². The Kier molecular flexibility index (Phi) is 11.3. The first kappa shape index (κ1) is 32.2. The van der Waals surface area contributed by atoms with Crippen LogP contribution in [-0.4, -0.2) is 88.5 Å². The van der Waals surface area contributed by atoms with Crippen LogP contribution < -0.4 is 16.0 Å². The molecule has 1 aromatic carbocycles. The number of anilines is 1. The molecule has 1 saturated carbocycles. The van der Waals surface area contributed by atoms with Crippen LogP contribution in [0.25, 0.3) is 0 Å². The Balaban J connectivity index is 1.46. The Labute approximate surface area is 254 Å². The van der Waals surface area contributed by atoms with Gasteiger partial charge in [-0.15, -0.1) is 0 Å². The molecule has 1 aliphatic heterocycles. The molecule has 2 aromatic rings. The lowest BCUT2D eigenvalue weighted by Crippen LogP contribution is -2.55. The van der Waals surface area contributed by atoms with Crippen LogP contribution in [0, 0.1) is 5.92 Å². The quantitative estimate of drug-likeness (QED) is 0.368. The van der Waals surface area contributed by atoms with E-state index in [-0.39, 0.29) is 35.5 Å². The van der Waals surface area contributed by atoms with Gasteiger partial charge in [-0.25, -0.2) is 0 Å². The largest absolute Gasteiger partial charge is 0.344 e. The van der Waals surface area contributed by atoms with Gasteiger partial charge >= 0.3 is 0 Å². The second-order valence-electron chi connectivity index (χ2n) is 11.8. The van der Waals surface area contributed by atoms with Crippen molar-refractivity contribution >= 4 is 29.3 Å². The van der Waals surface area contributed by atoms with E-state index in [1.54, 1.807) is 23.9 Å². The molecule has 1 saturated heterocycles. The van der Waals surface area contributed by atoms with E-state index in [2.05, 4.69) is 25.9 Å². The summed E-state index contributed by atoms with van der Waals surface area (Å²) in [6.07, 6.45) is 6.86. The molecule has 2 fully saturated rings. The number of benzene rings is 1. The van der Waals surface area contributed by atoms with Crippen LogP contribution >= 0.6 is 0 Å². The first-order valence-electron chi connectivity index (χ1n) is 15.7. The van der Waals surface area contributed by atoms with E-state index < -0.39 is 12.1 Å². The highest BCUT2D eigenvalue weighted by atomic mass is 16.2. The van der Waals surface area contributed by atoms with Gasteiger partial charge in [-0.05, 0) is 56.5 Å². The number of nitrogens with one attached hydrogen (secondary N) is 3. The van der Waals surface area contributed by atoms with E-state index >= 15 is 0 Å². The van der Waals surface area contributed by atoms with Gasteiger partial charge in [0.1, 0.15) is 17.8 Å². The molecule has 4 rings (SSSR count). The van der Waals surface area contributed by atoms with Gasteiger partial charge in [0.15, 0.2) is 0 Å². The molecule has 0 unspecified atom stereocenters. The highest BCUT2D eigenvalue weighted by molar-refractivity contribution is 6.00. The smallest absolute Gasteiger partial charge is 0.270 e. The number of hydrogen-bond acceptors (Lipinski definition) is 6. The Bertz CT molecular complexity index is 1250. The molecule has 3 N–H and O–H groups in total. The zero-order valence-corrected chi connectivity index (χ0v) is 26.0. The molecule has 0 spiro atoms. The highest BCUT2D eigenvalue weighted by Crippen LogP contribution is 2.28. The molecule has 11 nitrogen and oxygen atoms in total. The summed E-state index contributed by atoms with van der Waals surface area (Å²) in [5.41, 5.74) is 1.92. The van der Waals surface area contributed by atoms with Crippen molar-refractivity contribution in [3.8, 4) is 0 Å². The molecule has 3 atom stereocenters. The third kappa shape index (κ3) is 8.22. The van der Waals surface area contributed by atoms with Crippen molar-refractivity contribution in [2.75, 3.05) is 38.5 Å². The number of hydrogen-bond donors (Lipinski definition) is 3. The lowest BCUT2D eigenvalue weighted by Gasteiger charge is -2.36. The predicted molar refractivity (Wildman–Crippen MR) is 166 cm³/mol. The van der Waals surface area contributed by atoms with Crippen LogP contribution in [0.4, 0.5) is 5.69 Å². The maximum Gasteiger partial charge on any atom is 0.270 e. The van der Waals surface area contributed by atoms with E-state index in [4.69, 9.17) is 0 Å². The average Bonchev–Trinajstić information content (AvgIpc) is 3.52. The van der Waals surface area contributed by atoms with Crippen molar-refractivity contribution in [3.63, 3.8) is 0 Å². The number of carbonyl (C=O) groups excluding carboxylic acids is 4. The summed E-state index contributed by atoms with van der Waals surface area (Å²) < 4.78 is 1.62. The number of aryl methyl sites for hydroxylation is 1. The molecule has 2 aliphatic rings. The molecule has 4 amide bonds. The van der Waals surface area contributed by atoms with Gasteiger partial charge in [-0.1, -0.05) is 45.2 Å². The minimum atomic E-state index is -0.682. The zero-order chi connectivity index (χ0) is 30.9. The molecule has 11 heteroatoms. The molecule has 2 heterocycles. The predicted octanol–water partition coefficient (Wildman–Crippen LogP) is 2.99. The molecule has 1 aromatic heterocycles. The van der Waals surface area contributed by atoms with Crippen LogP contribution in [0.2, 0.25) is 0 Å². The van der Waals surface area contributed by atoms with Gasteiger partial charge in [0.2, 0.25) is 17.7 Å². The van der Waals surface area contributed by atoms with Gasteiger partial charge in [0, 0.05) is 56.9 Å². The number of nitrogens with zero attached hydrogens (tertiary/aromatic N) is 4. The first-order chi connectivity index (χ1) is 20.7. The third-order valence-electron chi connectivity index (χ3n) is 8.86. The van der Waals surface area contributed by atoms with Crippen molar-refractivity contribution in [1.29, 1.82) is 0 Å². The van der Waals surface area contributed by atoms with Gasteiger partial charge in [-0.3, -0.25) is 23.9 Å². The summed E-state index contributed by atoms with van der Waals surface area (Å²) in [4.78, 5) is 56.7. The van der Waals surface area contributed by atoms with Crippen molar-refractivity contribution in [1.82, 2.24) is 30.2 Å². The lowest BCUT2D eigenvalue weighted by molar-refractivity contribution is -0.138. The molecule has 0 bridgehead atoms. The molecular formula is C32H47N7O4. The van der Waals surface area contributed by atoms with E-state index in [1.807, 2.05) is 50.1 Å². The average molecular weight is 594 g/mol. The molecule has 0 radical (unpaired) electrons. The Morgan fingerprint density at radius 3 is 2.23 bits per heavy atom. The fraction of sp³-hybridized carbons (Fsp3) is 0.594. The Morgan fingerprint density at radius 1 is 0.930 bits per heavy atom. The SMILES string of the molecule is CCC(=O)N[C@@H](C(=O)N1CCN(C)CC1)[C@H](C)c1ccc(NC(=O)[C@@H](NC(=O)c2ccnn2CC)C2CCCCC2)cc1. The Hall–Kier alpha value is -3.73. The third-order valence-corrected chi connectivity index (χ3v) is 8.86. The second kappa shape index (κ2) is 15.1. The van der Waals surface area contributed by atoms with E-state index in [0.717, 1.165) is 50.8 Å². The summed E-state index contributed by atoms with van der Waals surface area (Å²) >= 11 is 0.